The van der Waals surface area contributed by atoms with Gasteiger partial charge in [0.1, 0.15) is 5.75 Å². The molecule has 1 aromatic carbocycles. The smallest absolute Gasteiger partial charge is 0.151 e. The third-order valence-electron chi connectivity index (χ3n) is 2.35. The third-order valence-corrected chi connectivity index (χ3v) is 2.64. The van der Waals surface area contributed by atoms with Gasteiger partial charge in [-0.05, 0) is 30.7 Å². The standard InChI is InChI=1S/C13H12ClNO2/c1-9-2-3-12(11(14)6-9)17-13-7-15-5-4-10(13)8-16/h2-7,16H,8H2,1H3. The molecule has 0 aliphatic carbocycles. The molecule has 2 rings (SSSR count). The van der Waals surface area contributed by atoms with Crippen LogP contribution in [0.25, 0.3) is 0 Å². The van der Waals surface area contributed by atoms with Gasteiger partial charge in [-0.1, -0.05) is 17.7 Å². The van der Waals surface area contributed by atoms with Crippen molar-refractivity contribution in [3.63, 3.8) is 0 Å². The summed E-state index contributed by atoms with van der Waals surface area (Å²) in [7, 11) is 0. The average Bonchev–Trinajstić information content (AvgIpc) is 2.33. The Morgan fingerprint density at radius 2 is 2.12 bits per heavy atom. The highest BCUT2D eigenvalue weighted by Crippen LogP contribution is 2.31. The van der Waals surface area contributed by atoms with Crippen molar-refractivity contribution in [2.45, 2.75) is 13.5 Å². The predicted molar refractivity (Wildman–Crippen MR) is 66.4 cm³/mol. The van der Waals surface area contributed by atoms with Gasteiger partial charge in [-0.2, -0.15) is 0 Å². The zero-order valence-electron chi connectivity index (χ0n) is 9.35. The van der Waals surface area contributed by atoms with E-state index in [4.69, 9.17) is 21.4 Å². The highest BCUT2D eigenvalue weighted by molar-refractivity contribution is 6.32. The van der Waals surface area contributed by atoms with E-state index in [1.807, 2.05) is 19.1 Å². The van der Waals surface area contributed by atoms with Crippen LogP contribution in [0, 0.1) is 6.92 Å². The number of hydrogen-bond donors (Lipinski definition) is 1. The molecule has 0 saturated carbocycles. The van der Waals surface area contributed by atoms with Crippen LogP contribution in [0.5, 0.6) is 11.5 Å². The van der Waals surface area contributed by atoms with Gasteiger partial charge in [-0.3, -0.25) is 4.98 Å². The molecule has 2 aromatic rings. The molecule has 0 fully saturated rings. The number of pyridine rings is 1. The Labute approximate surface area is 105 Å². The van der Waals surface area contributed by atoms with Gasteiger partial charge in [0.2, 0.25) is 0 Å². The summed E-state index contributed by atoms with van der Waals surface area (Å²) in [5, 5.41) is 9.71. The maximum absolute atomic E-state index is 9.17. The van der Waals surface area contributed by atoms with Crippen molar-refractivity contribution < 1.29 is 9.84 Å². The molecular formula is C13H12ClNO2. The van der Waals surface area contributed by atoms with E-state index in [0.717, 1.165) is 5.56 Å². The Balaban J connectivity index is 2.31. The first-order chi connectivity index (χ1) is 8.20. The van der Waals surface area contributed by atoms with Gasteiger partial charge in [-0.25, -0.2) is 0 Å². The highest BCUT2D eigenvalue weighted by Gasteiger charge is 2.07. The van der Waals surface area contributed by atoms with Gasteiger partial charge < -0.3 is 9.84 Å². The van der Waals surface area contributed by atoms with Crippen LogP contribution in [0.2, 0.25) is 5.02 Å². The molecule has 1 heterocycles. The van der Waals surface area contributed by atoms with Gasteiger partial charge in [0.15, 0.2) is 5.75 Å². The van der Waals surface area contributed by atoms with Crippen LogP contribution < -0.4 is 4.74 Å². The number of halogens is 1. The third kappa shape index (κ3) is 2.75. The Morgan fingerprint density at radius 3 is 2.82 bits per heavy atom. The average molecular weight is 250 g/mol. The molecular weight excluding hydrogens is 238 g/mol. The number of nitrogens with zero attached hydrogens (tertiary/aromatic N) is 1. The summed E-state index contributed by atoms with van der Waals surface area (Å²) in [4.78, 5) is 3.96. The van der Waals surface area contributed by atoms with E-state index in [0.29, 0.717) is 22.1 Å². The van der Waals surface area contributed by atoms with Crippen LogP contribution in [0.4, 0.5) is 0 Å². The van der Waals surface area contributed by atoms with Crippen molar-refractivity contribution in [2.75, 3.05) is 0 Å². The summed E-state index contributed by atoms with van der Waals surface area (Å²) in [6.07, 6.45) is 3.16. The van der Waals surface area contributed by atoms with Crippen LogP contribution in [-0.2, 0) is 6.61 Å². The lowest BCUT2D eigenvalue weighted by atomic mass is 10.2. The molecule has 0 amide bonds. The summed E-state index contributed by atoms with van der Waals surface area (Å²) >= 11 is 6.07. The fraction of sp³-hybridized carbons (Fsp3) is 0.154. The van der Waals surface area contributed by atoms with Gasteiger partial charge in [0, 0.05) is 11.8 Å². The van der Waals surface area contributed by atoms with Crippen LogP contribution in [0.1, 0.15) is 11.1 Å². The lowest BCUT2D eigenvalue weighted by molar-refractivity contribution is 0.276. The van der Waals surface area contributed by atoms with Gasteiger partial charge in [0.25, 0.3) is 0 Å². The SMILES string of the molecule is Cc1ccc(Oc2cnccc2CO)c(Cl)c1. The van der Waals surface area contributed by atoms with E-state index >= 15 is 0 Å². The number of aliphatic hydroxyl groups is 1. The van der Waals surface area contributed by atoms with E-state index in [9.17, 15) is 0 Å². The van der Waals surface area contributed by atoms with E-state index in [-0.39, 0.29) is 6.61 Å². The van der Waals surface area contributed by atoms with E-state index in [1.165, 1.54) is 0 Å². The van der Waals surface area contributed by atoms with Crippen LogP contribution >= 0.6 is 11.6 Å². The normalized spacial score (nSPS) is 10.3. The lowest BCUT2D eigenvalue weighted by Crippen LogP contribution is -1.93. The van der Waals surface area contributed by atoms with Gasteiger partial charge in [-0.15, -0.1) is 0 Å². The van der Waals surface area contributed by atoms with Crippen molar-refractivity contribution in [3.05, 3.63) is 52.8 Å². The lowest BCUT2D eigenvalue weighted by Gasteiger charge is -2.10. The number of aromatic nitrogens is 1. The first-order valence-electron chi connectivity index (χ1n) is 5.18. The molecule has 0 aliphatic rings. The van der Waals surface area contributed by atoms with Crippen molar-refractivity contribution in [3.8, 4) is 11.5 Å². The molecule has 0 unspecified atom stereocenters. The maximum Gasteiger partial charge on any atom is 0.151 e. The minimum atomic E-state index is -0.0959. The molecule has 1 N–H and O–H groups in total. The number of hydrogen-bond acceptors (Lipinski definition) is 3. The summed E-state index contributed by atoms with van der Waals surface area (Å²) in [6, 6.07) is 7.24. The zero-order chi connectivity index (χ0) is 12.3. The van der Waals surface area contributed by atoms with Gasteiger partial charge >= 0.3 is 0 Å². The number of rotatable bonds is 3. The Kier molecular flexibility index (Phi) is 3.61. The monoisotopic (exact) mass is 249 g/mol. The first-order valence-corrected chi connectivity index (χ1v) is 5.56. The molecule has 0 radical (unpaired) electrons. The molecule has 0 spiro atoms. The second-order valence-electron chi connectivity index (χ2n) is 3.68. The molecule has 0 saturated heterocycles. The van der Waals surface area contributed by atoms with Crippen LogP contribution in [0.15, 0.2) is 36.7 Å². The maximum atomic E-state index is 9.17. The molecule has 17 heavy (non-hydrogen) atoms. The van der Waals surface area contributed by atoms with Crippen molar-refractivity contribution in [1.29, 1.82) is 0 Å². The second kappa shape index (κ2) is 5.17. The quantitative estimate of drug-likeness (QED) is 0.907. The van der Waals surface area contributed by atoms with E-state index < -0.39 is 0 Å². The molecule has 0 aliphatic heterocycles. The van der Waals surface area contributed by atoms with Crippen molar-refractivity contribution >= 4 is 11.6 Å². The van der Waals surface area contributed by atoms with Crippen molar-refractivity contribution in [2.24, 2.45) is 0 Å². The molecule has 88 valence electrons. The topological polar surface area (TPSA) is 42.4 Å². The summed E-state index contributed by atoms with van der Waals surface area (Å²) in [5.74, 6) is 1.07. The molecule has 0 atom stereocenters. The summed E-state index contributed by atoms with van der Waals surface area (Å²) in [6.45, 7) is 1.86. The Morgan fingerprint density at radius 1 is 1.29 bits per heavy atom. The minimum absolute atomic E-state index is 0.0959. The first kappa shape index (κ1) is 11.9. The predicted octanol–water partition coefficient (Wildman–Crippen LogP) is 3.33. The number of aryl methyl sites for hydroxylation is 1. The Bertz CT molecular complexity index is 529. The van der Waals surface area contributed by atoms with E-state index in [1.54, 1.807) is 24.5 Å². The number of ether oxygens (including phenoxy) is 1. The summed E-state index contributed by atoms with van der Waals surface area (Å²) in [5.41, 5.74) is 1.74. The molecule has 1 aromatic heterocycles. The Hall–Kier alpha value is -1.58. The number of aliphatic hydroxyl groups excluding tert-OH is 1. The van der Waals surface area contributed by atoms with E-state index in [2.05, 4.69) is 4.98 Å². The molecule has 3 nitrogen and oxygen atoms in total. The summed E-state index contributed by atoms with van der Waals surface area (Å²) < 4.78 is 5.63. The van der Waals surface area contributed by atoms with Crippen LogP contribution in [-0.4, -0.2) is 10.1 Å². The van der Waals surface area contributed by atoms with Crippen molar-refractivity contribution in [1.82, 2.24) is 4.98 Å². The van der Waals surface area contributed by atoms with Gasteiger partial charge in [0.05, 0.1) is 17.8 Å². The molecule has 4 heteroatoms. The minimum Gasteiger partial charge on any atom is -0.454 e. The highest BCUT2D eigenvalue weighted by atomic mass is 35.5. The second-order valence-corrected chi connectivity index (χ2v) is 4.08. The zero-order valence-corrected chi connectivity index (χ0v) is 10.1. The van der Waals surface area contributed by atoms with Crippen LogP contribution in [0.3, 0.4) is 0 Å². The molecule has 0 bridgehead atoms. The largest absolute Gasteiger partial charge is 0.454 e. The number of benzene rings is 1. The fourth-order valence-electron chi connectivity index (χ4n) is 1.44. The fourth-order valence-corrected chi connectivity index (χ4v) is 1.71.